The number of ether oxygens (including phenoxy) is 1. The maximum atomic E-state index is 5.52. The van der Waals surface area contributed by atoms with E-state index in [9.17, 15) is 0 Å². The van der Waals surface area contributed by atoms with Gasteiger partial charge in [-0.25, -0.2) is 0 Å². The summed E-state index contributed by atoms with van der Waals surface area (Å²) >= 11 is 0. The van der Waals surface area contributed by atoms with Crippen LogP contribution in [0.5, 0.6) is 0 Å². The van der Waals surface area contributed by atoms with Crippen molar-refractivity contribution >= 4 is 5.96 Å². The average molecular weight is 337 g/mol. The second kappa shape index (κ2) is 8.98. The number of guanidine groups is 1. The zero-order valence-corrected chi connectivity index (χ0v) is 15.4. The standard InChI is InChI=1S/C16H31N7O/c1-5-14-21-20-13-23(14)9-8-18-15(17-2)19-12-16(22(3)4)6-10-24-11-7-16/h13H,5-12H2,1-4H3,(H2,17,18,19). The van der Waals surface area contributed by atoms with Crippen LogP contribution < -0.4 is 10.6 Å². The maximum Gasteiger partial charge on any atom is 0.191 e. The van der Waals surface area contributed by atoms with Crippen molar-refractivity contribution in [3.63, 3.8) is 0 Å². The van der Waals surface area contributed by atoms with E-state index in [2.05, 4.69) is 56.3 Å². The number of hydrogen-bond donors (Lipinski definition) is 2. The van der Waals surface area contributed by atoms with Gasteiger partial charge in [0.25, 0.3) is 0 Å². The van der Waals surface area contributed by atoms with E-state index < -0.39 is 0 Å². The van der Waals surface area contributed by atoms with Crippen LogP contribution in [0.2, 0.25) is 0 Å². The average Bonchev–Trinajstić information content (AvgIpc) is 3.06. The topological polar surface area (TPSA) is 79.6 Å². The van der Waals surface area contributed by atoms with Gasteiger partial charge in [0.1, 0.15) is 12.2 Å². The lowest BCUT2D eigenvalue weighted by molar-refractivity contribution is -0.00501. The molecule has 0 amide bonds. The van der Waals surface area contributed by atoms with E-state index in [1.165, 1.54) is 0 Å². The van der Waals surface area contributed by atoms with Crippen molar-refractivity contribution < 1.29 is 4.74 Å². The molecule has 1 fully saturated rings. The molecule has 1 aliphatic rings. The third-order valence-corrected chi connectivity index (χ3v) is 4.84. The number of nitrogens with one attached hydrogen (secondary N) is 2. The van der Waals surface area contributed by atoms with Gasteiger partial charge in [0.05, 0.1) is 0 Å². The Bertz CT molecular complexity index is 520. The monoisotopic (exact) mass is 337 g/mol. The minimum atomic E-state index is 0.125. The van der Waals surface area contributed by atoms with Gasteiger partial charge >= 0.3 is 0 Å². The highest BCUT2D eigenvalue weighted by Crippen LogP contribution is 2.24. The van der Waals surface area contributed by atoms with Gasteiger partial charge in [-0.05, 0) is 26.9 Å². The molecule has 136 valence electrons. The Morgan fingerprint density at radius 2 is 2.12 bits per heavy atom. The van der Waals surface area contributed by atoms with Crippen LogP contribution in [0.4, 0.5) is 0 Å². The lowest BCUT2D eigenvalue weighted by Gasteiger charge is -2.43. The minimum Gasteiger partial charge on any atom is -0.381 e. The number of aryl methyl sites for hydroxylation is 1. The maximum absolute atomic E-state index is 5.52. The first-order valence-electron chi connectivity index (χ1n) is 8.67. The second-order valence-electron chi connectivity index (χ2n) is 6.38. The molecule has 2 N–H and O–H groups in total. The van der Waals surface area contributed by atoms with Crippen LogP contribution in [-0.4, -0.2) is 78.6 Å². The lowest BCUT2D eigenvalue weighted by atomic mass is 9.88. The lowest BCUT2D eigenvalue weighted by Crippen LogP contribution is -2.57. The van der Waals surface area contributed by atoms with Crippen LogP contribution in [0.15, 0.2) is 11.3 Å². The SMILES string of the molecule is CCc1nncn1CCNC(=NC)NCC1(N(C)C)CCOCC1. The number of rotatable bonds is 7. The molecule has 0 radical (unpaired) electrons. The van der Waals surface area contributed by atoms with E-state index >= 15 is 0 Å². The van der Waals surface area contributed by atoms with Crippen molar-refractivity contribution in [1.82, 2.24) is 30.3 Å². The molecule has 0 spiro atoms. The zero-order chi connectivity index (χ0) is 17.4. The molecule has 0 unspecified atom stereocenters. The second-order valence-corrected chi connectivity index (χ2v) is 6.38. The molecule has 0 saturated carbocycles. The van der Waals surface area contributed by atoms with Crippen LogP contribution in [0.3, 0.4) is 0 Å². The molecule has 2 heterocycles. The smallest absolute Gasteiger partial charge is 0.191 e. The van der Waals surface area contributed by atoms with Crippen LogP contribution in [0.1, 0.15) is 25.6 Å². The molecule has 1 saturated heterocycles. The Kier molecular flexibility index (Phi) is 6.99. The molecule has 0 aromatic carbocycles. The Morgan fingerprint density at radius 1 is 1.38 bits per heavy atom. The molecule has 1 aromatic heterocycles. The molecule has 0 bridgehead atoms. The molecule has 0 aliphatic carbocycles. The number of aromatic nitrogens is 3. The van der Waals surface area contributed by atoms with E-state index in [4.69, 9.17) is 4.74 Å². The molecule has 8 heteroatoms. The largest absolute Gasteiger partial charge is 0.381 e. The van der Waals surface area contributed by atoms with E-state index in [0.29, 0.717) is 0 Å². The van der Waals surface area contributed by atoms with E-state index in [1.54, 1.807) is 13.4 Å². The number of nitrogens with zero attached hydrogens (tertiary/aromatic N) is 5. The molecule has 1 aliphatic heterocycles. The molecule has 1 aromatic rings. The summed E-state index contributed by atoms with van der Waals surface area (Å²) in [6, 6.07) is 0. The predicted molar refractivity (Wildman–Crippen MR) is 95.2 cm³/mol. The fourth-order valence-electron chi connectivity index (χ4n) is 3.04. The van der Waals surface area contributed by atoms with Crippen molar-refractivity contribution in [2.24, 2.45) is 4.99 Å². The summed E-state index contributed by atoms with van der Waals surface area (Å²) < 4.78 is 7.59. The van der Waals surface area contributed by atoms with Gasteiger partial charge < -0.3 is 24.8 Å². The molecular formula is C16H31N7O. The fourth-order valence-corrected chi connectivity index (χ4v) is 3.04. The van der Waals surface area contributed by atoms with E-state index in [1.807, 2.05) is 0 Å². The molecule has 0 atom stereocenters. The van der Waals surface area contributed by atoms with Gasteiger partial charge in [-0.1, -0.05) is 6.92 Å². The van der Waals surface area contributed by atoms with E-state index in [-0.39, 0.29) is 5.54 Å². The zero-order valence-electron chi connectivity index (χ0n) is 15.4. The fraction of sp³-hybridized carbons (Fsp3) is 0.812. The molecule has 8 nitrogen and oxygen atoms in total. The summed E-state index contributed by atoms with van der Waals surface area (Å²) in [7, 11) is 6.08. The summed E-state index contributed by atoms with van der Waals surface area (Å²) in [6.45, 7) is 6.18. The van der Waals surface area contributed by atoms with Crippen LogP contribution >= 0.6 is 0 Å². The number of hydrogen-bond acceptors (Lipinski definition) is 5. The van der Waals surface area contributed by atoms with Crippen LogP contribution in [0.25, 0.3) is 0 Å². The number of aliphatic imine (C=N–C) groups is 1. The highest BCUT2D eigenvalue weighted by molar-refractivity contribution is 5.79. The van der Waals surface area contributed by atoms with Crippen molar-refractivity contribution in [3.8, 4) is 0 Å². The highest BCUT2D eigenvalue weighted by atomic mass is 16.5. The van der Waals surface area contributed by atoms with Gasteiger partial charge in [-0.2, -0.15) is 0 Å². The highest BCUT2D eigenvalue weighted by Gasteiger charge is 2.34. The van der Waals surface area contributed by atoms with Crippen molar-refractivity contribution in [1.29, 1.82) is 0 Å². The first-order valence-corrected chi connectivity index (χ1v) is 8.67. The van der Waals surface area contributed by atoms with E-state index in [0.717, 1.165) is 63.9 Å². The Balaban J connectivity index is 1.81. The quantitative estimate of drug-likeness (QED) is 0.543. The third kappa shape index (κ3) is 4.67. The van der Waals surface area contributed by atoms with Gasteiger partial charge in [-0.3, -0.25) is 4.99 Å². The first-order chi connectivity index (χ1) is 11.6. The van der Waals surface area contributed by atoms with Gasteiger partial charge in [0.2, 0.25) is 0 Å². The minimum absolute atomic E-state index is 0.125. The van der Waals surface area contributed by atoms with Gasteiger partial charge in [0.15, 0.2) is 5.96 Å². The van der Waals surface area contributed by atoms with Crippen molar-refractivity contribution in [3.05, 3.63) is 12.2 Å². The predicted octanol–water partition coefficient (Wildman–Crippen LogP) is 0.116. The molecule has 24 heavy (non-hydrogen) atoms. The van der Waals surface area contributed by atoms with Crippen LogP contribution in [0, 0.1) is 0 Å². The summed E-state index contributed by atoms with van der Waals surface area (Å²) in [6.07, 6.45) is 4.73. The molecular weight excluding hydrogens is 306 g/mol. The first kappa shape index (κ1) is 18.7. The summed E-state index contributed by atoms with van der Waals surface area (Å²) in [5.74, 6) is 1.84. The van der Waals surface area contributed by atoms with Gasteiger partial charge in [0, 0.05) is 51.9 Å². The van der Waals surface area contributed by atoms with Crippen LogP contribution in [-0.2, 0) is 17.7 Å². The third-order valence-electron chi connectivity index (χ3n) is 4.84. The van der Waals surface area contributed by atoms with Crippen molar-refractivity contribution in [2.45, 2.75) is 38.3 Å². The van der Waals surface area contributed by atoms with Gasteiger partial charge in [-0.15, -0.1) is 10.2 Å². The Morgan fingerprint density at radius 3 is 2.75 bits per heavy atom. The normalized spacial score (nSPS) is 18.0. The number of likely N-dealkylation sites (N-methyl/N-ethyl adjacent to an activating group) is 1. The summed E-state index contributed by atoms with van der Waals surface area (Å²) in [4.78, 5) is 6.63. The van der Waals surface area contributed by atoms with Crippen molar-refractivity contribution in [2.75, 3.05) is 47.4 Å². The Hall–Kier alpha value is -1.67. The Labute approximate surface area is 144 Å². The molecule has 2 rings (SSSR count). The summed E-state index contributed by atoms with van der Waals surface area (Å²) in [5, 5.41) is 14.9. The summed E-state index contributed by atoms with van der Waals surface area (Å²) in [5.41, 5.74) is 0.125.